The second-order valence-corrected chi connectivity index (χ2v) is 14.6. The van der Waals surface area contributed by atoms with E-state index in [0.29, 0.717) is 37.2 Å². The van der Waals surface area contributed by atoms with Gasteiger partial charge in [0.2, 0.25) is 0 Å². The van der Waals surface area contributed by atoms with E-state index in [1.807, 2.05) is 158 Å². The summed E-state index contributed by atoms with van der Waals surface area (Å²) in [7, 11) is -7.20. The largest absolute Gasteiger partial charge is 0.299 e. The lowest BCUT2D eigenvalue weighted by Gasteiger charge is -2.22. The van der Waals surface area contributed by atoms with Crippen LogP contribution in [-0.2, 0) is 0 Å². The summed E-state index contributed by atoms with van der Waals surface area (Å²) in [5, 5.41) is 5.09. The maximum Gasteiger partial charge on any atom is 0.299 e. The molecule has 0 unspecified atom stereocenters. The third-order valence-corrected chi connectivity index (χ3v) is 13.1. The molecule has 0 saturated heterocycles. The monoisotopic (exact) mass is 534 g/mol. The first-order chi connectivity index (χ1) is 18.6. The summed E-state index contributed by atoms with van der Waals surface area (Å²) >= 11 is 0. The van der Waals surface area contributed by atoms with Crippen molar-refractivity contribution < 1.29 is 8.39 Å². The van der Waals surface area contributed by atoms with E-state index < -0.39 is 15.1 Å². The predicted molar refractivity (Wildman–Crippen MR) is 164 cm³/mol. The van der Waals surface area contributed by atoms with Crippen LogP contribution in [0.1, 0.15) is 0 Å². The summed E-state index contributed by atoms with van der Waals surface area (Å²) in [4.78, 5) is 0. The predicted octanol–water partition coefficient (Wildman–Crippen LogP) is 7.20. The molecule has 0 N–H and O–H groups in total. The van der Waals surface area contributed by atoms with Crippen LogP contribution in [0.5, 0.6) is 0 Å². The molecule has 4 heteroatoms. The van der Waals surface area contributed by atoms with Gasteiger partial charge in [0.1, 0.15) is 21.2 Å². The van der Waals surface area contributed by atoms with Gasteiger partial charge in [0.15, 0.2) is 10.6 Å². The Kier molecular flexibility index (Phi) is 6.62. The second-order valence-electron chi connectivity index (χ2n) is 9.17. The zero-order valence-corrected chi connectivity index (χ0v) is 22.5. The molecule has 0 nitrogen and oxygen atoms in total. The van der Waals surface area contributed by atoms with Gasteiger partial charge >= 0.3 is 0 Å². The number of halogens is 2. The van der Waals surface area contributed by atoms with Gasteiger partial charge < -0.3 is 0 Å². The molecular weight excluding hydrogens is 508 g/mol. The molecule has 6 rings (SSSR count). The molecule has 0 aliphatic carbocycles. The Labute approximate surface area is 223 Å². The first-order valence-electron chi connectivity index (χ1n) is 12.6. The summed E-state index contributed by atoms with van der Waals surface area (Å²) in [6, 6.07) is 48.9. The van der Waals surface area contributed by atoms with Crippen molar-refractivity contribution in [3.63, 3.8) is 0 Å². The van der Waals surface area contributed by atoms with Gasteiger partial charge in [-0.2, -0.15) is 0 Å². The summed E-state index contributed by atoms with van der Waals surface area (Å²) in [5.74, 6) is 0. The molecule has 0 atom stereocenters. The van der Waals surface area contributed by atoms with Crippen LogP contribution >= 0.6 is 15.1 Å². The van der Waals surface area contributed by atoms with Crippen molar-refractivity contribution in [3.05, 3.63) is 158 Å². The number of benzene rings is 6. The van der Waals surface area contributed by atoms with Crippen molar-refractivity contribution in [1.82, 2.24) is 0 Å². The molecule has 6 aromatic carbocycles. The Morgan fingerprint density at radius 3 is 0.895 bits per heavy atom. The third kappa shape index (κ3) is 4.06. The number of hydrogen-bond acceptors (Lipinski definition) is 0. The quantitative estimate of drug-likeness (QED) is 0.198. The van der Waals surface area contributed by atoms with Gasteiger partial charge in [-0.15, -0.1) is 0 Å². The van der Waals surface area contributed by atoms with E-state index in [2.05, 4.69) is 0 Å². The summed E-state index contributed by atoms with van der Waals surface area (Å²) in [6.07, 6.45) is 0. The van der Waals surface area contributed by atoms with Gasteiger partial charge in [-0.3, -0.25) is 0 Å². The van der Waals surface area contributed by atoms with Crippen LogP contribution in [0.2, 0.25) is 0 Å². The summed E-state index contributed by atoms with van der Waals surface area (Å²) in [6.45, 7) is 0. The van der Waals surface area contributed by atoms with Crippen molar-refractivity contribution in [3.8, 4) is 0 Å². The van der Waals surface area contributed by atoms with Gasteiger partial charge in [-0.25, -0.2) is 0 Å². The standard InChI is InChI=1S/C34H26F2P2/c35-37(28-17-5-1-6-18-28,29-19-7-2-8-20-29)32-25-13-15-27-16-14-26-33(34(27)32)38(36,30-21-9-3-10-22-30)31-23-11-4-12-24-31/h1-26H/q+2. The molecule has 0 heterocycles. The van der Waals surface area contributed by atoms with Crippen molar-refractivity contribution in [2.75, 3.05) is 0 Å². The summed E-state index contributed by atoms with van der Waals surface area (Å²) < 4.78 is 36.2. The van der Waals surface area contributed by atoms with Gasteiger partial charge in [0, 0.05) is 0 Å². The molecule has 0 aliphatic heterocycles. The fraction of sp³-hybridized carbons (Fsp3) is 0. The van der Waals surface area contributed by atoms with E-state index in [0.717, 1.165) is 5.39 Å². The first-order valence-corrected chi connectivity index (χ1v) is 15.9. The summed E-state index contributed by atoms with van der Waals surface area (Å²) in [5.41, 5.74) is 0. The lowest BCUT2D eigenvalue weighted by Crippen LogP contribution is -2.33. The van der Waals surface area contributed by atoms with Crippen LogP contribution < -0.4 is 31.8 Å². The van der Waals surface area contributed by atoms with Crippen LogP contribution in [0.3, 0.4) is 0 Å². The number of fused-ring (bicyclic) bond motifs is 1. The number of hydrogen-bond donors (Lipinski definition) is 0. The Morgan fingerprint density at radius 2 is 0.605 bits per heavy atom. The highest BCUT2D eigenvalue weighted by Crippen LogP contribution is 2.61. The van der Waals surface area contributed by atoms with E-state index in [1.165, 1.54) is 0 Å². The van der Waals surface area contributed by atoms with E-state index >= 15 is 8.39 Å². The molecule has 0 spiro atoms. The van der Waals surface area contributed by atoms with E-state index in [4.69, 9.17) is 0 Å². The SMILES string of the molecule is F[P+](c1ccccc1)(c1ccccc1)c1cccc2cccc([P+](F)(c3ccccc3)c3ccccc3)c12. The van der Waals surface area contributed by atoms with Crippen molar-refractivity contribution in [2.45, 2.75) is 0 Å². The molecule has 0 radical (unpaired) electrons. The normalized spacial score (nSPS) is 11.9. The molecule has 0 aliphatic rings. The van der Waals surface area contributed by atoms with Gasteiger partial charge in [-0.1, -0.05) is 97.1 Å². The molecule has 184 valence electrons. The van der Waals surface area contributed by atoms with Crippen LogP contribution in [0, 0.1) is 0 Å². The molecule has 0 aromatic heterocycles. The third-order valence-electron chi connectivity index (χ3n) is 6.97. The van der Waals surface area contributed by atoms with Crippen LogP contribution in [-0.4, -0.2) is 0 Å². The molecule has 0 fully saturated rings. The van der Waals surface area contributed by atoms with Gasteiger partial charge in [-0.05, 0) is 74.4 Å². The zero-order chi connectivity index (χ0) is 26.0. The van der Waals surface area contributed by atoms with Crippen LogP contribution in [0.15, 0.2) is 158 Å². The lowest BCUT2D eigenvalue weighted by molar-refractivity contribution is 0.901. The molecule has 6 aromatic rings. The topological polar surface area (TPSA) is 0 Å². The van der Waals surface area contributed by atoms with Gasteiger partial charge in [0.05, 0.1) is 5.39 Å². The van der Waals surface area contributed by atoms with E-state index in [-0.39, 0.29) is 0 Å². The fourth-order valence-electron chi connectivity index (χ4n) is 5.20. The highest BCUT2D eigenvalue weighted by atomic mass is 31.2. The Morgan fingerprint density at radius 1 is 0.316 bits per heavy atom. The van der Waals surface area contributed by atoms with Crippen molar-refractivity contribution in [1.29, 1.82) is 0 Å². The Hall–Kier alpha value is -3.70. The maximum atomic E-state index is 18.1. The van der Waals surface area contributed by atoms with Gasteiger partial charge in [0.25, 0.3) is 15.1 Å². The molecular formula is C34H26F2P2+2. The number of rotatable bonds is 6. The van der Waals surface area contributed by atoms with E-state index in [1.54, 1.807) is 0 Å². The molecule has 0 bridgehead atoms. The molecule has 38 heavy (non-hydrogen) atoms. The van der Waals surface area contributed by atoms with Crippen LogP contribution in [0.4, 0.5) is 8.39 Å². The Balaban J connectivity index is 1.74. The minimum absolute atomic E-state index is 0.553. The maximum absolute atomic E-state index is 18.1. The molecule has 0 amide bonds. The second kappa shape index (κ2) is 10.2. The van der Waals surface area contributed by atoms with Crippen molar-refractivity contribution >= 4 is 57.7 Å². The molecule has 0 saturated carbocycles. The minimum Gasteiger partial charge on any atom is -0.0620 e. The minimum atomic E-state index is -3.60. The van der Waals surface area contributed by atoms with Crippen LogP contribution in [0.25, 0.3) is 10.8 Å². The average molecular weight is 535 g/mol. The highest BCUT2D eigenvalue weighted by Gasteiger charge is 2.54. The highest BCUT2D eigenvalue weighted by molar-refractivity contribution is 7.93. The zero-order valence-electron chi connectivity index (χ0n) is 20.7. The fourth-order valence-corrected chi connectivity index (χ4v) is 11.0. The first kappa shape index (κ1) is 24.6. The average Bonchev–Trinajstić information content (AvgIpc) is 3.01. The van der Waals surface area contributed by atoms with E-state index in [9.17, 15) is 0 Å². The lowest BCUT2D eigenvalue weighted by atomic mass is 10.1. The Bertz CT molecular complexity index is 1470. The smallest absolute Gasteiger partial charge is 0.0620 e. The van der Waals surface area contributed by atoms with Crippen molar-refractivity contribution in [2.24, 2.45) is 0 Å².